The number of hydrogen-bond donors (Lipinski definition) is 1. The second-order valence-corrected chi connectivity index (χ2v) is 4.10. The van der Waals surface area contributed by atoms with Crippen molar-refractivity contribution in [2.45, 2.75) is 6.92 Å². The molecule has 0 aliphatic heterocycles. The lowest BCUT2D eigenvalue weighted by atomic mass is 10.7. The minimum absolute atomic E-state index is 0.0529. The Morgan fingerprint density at radius 1 is 1.44 bits per heavy atom. The molecule has 0 atom stereocenters. The molecule has 0 radical (unpaired) electrons. The molecule has 1 N–H and O–H groups in total. The monoisotopic (exact) mass is 149 g/mol. The van der Waals surface area contributed by atoms with Crippen molar-refractivity contribution in [1.82, 2.24) is 5.09 Å². The molecule has 2 nitrogen and oxygen atoms in total. The van der Waals surface area contributed by atoms with E-state index >= 15 is 0 Å². The van der Waals surface area contributed by atoms with Crippen molar-refractivity contribution in [2.24, 2.45) is 0 Å². The van der Waals surface area contributed by atoms with Gasteiger partial charge in [-0.2, -0.15) is 0 Å². The summed E-state index contributed by atoms with van der Waals surface area (Å²) in [4.78, 5) is 0. The molecule has 0 amide bonds. The highest BCUT2D eigenvalue weighted by Gasteiger charge is 1.88. The van der Waals surface area contributed by atoms with Crippen LogP contribution >= 0.6 is 8.07 Å². The molecule has 0 spiro atoms. The third-order valence-corrected chi connectivity index (χ3v) is 1.73. The van der Waals surface area contributed by atoms with Gasteiger partial charge in [0.1, 0.15) is 0 Å². The first-order chi connectivity index (χ1) is 4.27. The largest absolute Gasteiger partial charge is 0.380 e. The van der Waals surface area contributed by atoms with Crippen molar-refractivity contribution >= 4 is 8.07 Å². The predicted octanol–water partition coefficient (Wildman–Crippen LogP) is 1.27. The SMILES string of the molecule is CCOCCNP(C)C. The second-order valence-electron chi connectivity index (χ2n) is 2.00. The summed E-state index contributed by atoms with van der Waals surface area (Å²) in [5.74, 6) is 0. The molecule has 0 aromatic heterocycles. The first-order valence-electron chi connectivity index (χ1n) is 3.26. The molecule has 0 heterocycles. The normalized spacial score (nSPS) is 10.7. The number of nitrogens with one attached hydrogen (secondary N) is 1. The van der Waals surface area contributed by atoms with Gasteiger partial charge in [0.2, 0.25) is 0 Å². The van der Waals surface area contributed by atoms with Crippen molar-refractivity contribution in [3.8, 4) is 0 Å². The molecule has 3 heteroatoms. The average Bonchev–Trinajstić information content (AvgIpc) is 1.80. The van der Waals surface area contributed by atoms with Crippen LogP contribution in [0.5, 0.6) is 0 Å². The quantitative estimate of drug-likeness (QED) is 0.469. The Morgan fingerprint density at radius 2 is 2.11 bits per heavy atom. The zero-order valence-electron chi connectivity index (χ0n) is 6.48. The van der Waals surface area contributed by atoms with Gasteiger partial charge in [-0.1, -0.05) is 0 Å². The summed E-state index contributed by atoms with van der Waals surface area (Å²) in [5, 5.41) is 3.32. The molecular weight excluding hydrogens is 133 g/mol. The highest BCUT2D eigenvalue weighted by Crippen LogP contribution is 2.15. The Morgan fingerprint density at radius 3 is 2.56 bits per heavy atom. The summed E-state index contributed by atoms with van der Waals surface area (Å²) >= 11 is 0. The highest BCUT2D eigenvalue weighted by atomic mass is 31.1. The molecule has 0 aliphatic carbocycles. The third kappa shape index (κ3) is 8.35. The maximum Gasteiger partial charge on any atom is 0.0594 e. The first-order valence-corrected chi connectivity index (χ1v) is 5.49. The van der Waals surface area contributed by atoms with Crippen LogP contribution in [-0.4, -0.2) is 33.1 Å². The van der Waals surface area contributed by atoms with E-state index in [1.807, 2.05) is 6.92 Å². The van der Waals surface area contributed by atoms with E-state index in [9.17, 15) is 0 Å². The Hall–Kier alpha value is 0.350. The fourth-order valence-corrected chi connectivity index (χ4v) is 1.02. The van der Waals surface area contributed by atoms with E-state index in [-0.39, 0.29) is 8.07 Å². The minimum atomic E-state index is 0.0529. The standard InChI is InChI=1S/C6H16NOP/c1-4-8-6-5-7-9(2)3/h7H,4-6H2,1-3H3. The van der Waals surface area contributed by atoms with Gasteiger partial charge in [0.25, 0.3) is 0 Å². The van der Waals surface area contributed by atoms with Crippen LogP contribution in [0.4, 0.5) is 0 Å². The van der Waals surface area contributed by atoms with E-state index in [0.29, 0.717) is 0 Å². The van der Waals surface area contributed by atoms with E-state index in [1.54, 1.807) is 0 Å². The Balaban J connectivity index is 2.75. The Labute approximate surface area is 58.8 Å². The average molecular weight is 149 g/mol. The molecule has 0 rings (SSSR count). The lowest BCUT2D eigenvalue weighted by Gasteiger charge is -2.06. The molecule has 0 unspecified atom stereocenters. The molecule has 9 heavy (non-hydrogen) atoms. The zero-order chi connectivity index (χ0) is 7.11. The van der Waals surface area contributed by atoms with Crippen molar-refractivity contribution < 1.29 is 4.74 Å². The molecular formula is C6H16NOP. The van der Waals surface area contributed by atoms with Crippen LogP contribution < -0.4 is 5.09 Å². The van der Waals surface area contributed by atoms with Crippen molar-refractivity contribution in [2.75, 3.05) is 33.1 Å². The number of rotatable bonds is 5. The van der Waals surface area contributed by atoms with E-state index in [1.165, 1.54) is 0 Å². The lowest BCUT2D eigenvalue weighted by Crippen LogP contribution is -2.13. The van der Waals surface area contributed by atoms with Gasteiger partial charge in [-0.05, 0) is 28.3 Å². The van der Waals surface area contributed by atoms with Gasteiger partial charge in [-0.15, -0.1) is 0 Å². The highest BCUT2D eigenvalue weighted by molar-refractivity contribution is 7.53. The van der Waals surface area contributed by atoms with Crippen LogP contribution in [-0.2, 0) is 4.74 Å². The van der Waals surface area contributed by atoms with E-state index < -0.39 is 0 Å². The van der Waals surface area contributed by atoms with Crippen molar-refractivity contribution in [1.29, 1.82) is 0 Å². The van der Waals surface area contributed by atoms with E-state index in [2.05, 4.69) is 18.4 Å². The van der Waals surface area contributed by atoms with E-state index in [0.717, 1.165) is 19.8 Å². The van der Waals surface area contributed by atoms with Gasteiger partial charge in [-0.25, -0.2) is 0 Å². The van der Waals surface area contributed by atoms with Gasteiger partial charge >= 0.3 is 0 Å². The zero-order valence-corrected chi connectivity index (χ0v) is 7.37. The molecule has 0 aromatic rings. The van der Waals surface area contributed by atoms with Gasteiger partial charge in [-0.3, -0.25) is 5.09 Å². The Bertz CT molecular complexity index is 59.0. The first kappa shape index (κ1) is 9.35. The summed E-state index contributed by atoms with van der Waals surface area (Å²) in [6.45, 7) is 9.07. The Kier molecular flexibility index (Phi) is 6.72. The predicted molar refractivity (Wildman–Crippen MR) is 43.3 cm³/mol. The van der Waals surface area contributed by atoms with Crippen LogP contribution in [0.3, 0.4) is 0 Å². The maximum absolute atomic E-state index is 5.13. The summed E-state index contributed by atoms with van der Waals surface area (Å²) in [6, 6.07) is 0. The molecule has 0 aliphatic rings. The molecule has 0 fully saturated rings. The smallest absolute Gasteiger partial charge is 0.0594 e. The van der Waals surface area contributed by atoms with Crippen LogP contribution in [0.25, 0.3) is 0 Å². The molecule has 56 valence electrons. The lowest BCUT2D eigenvalue weighted by molar-refractivity contribution is 0.153. The molecule has 0 saturated heterocycles. The number of ether oxygens (including phenoxy) is 1. The fraction of sp³-hybridized carbons (Fsp3) is 1.00. The van der Waals surface area contributed by atoms with E-state index in [4.69, 9.17) is 4.74 Å². The van der Waals surface area contributed by atoms with Crippen LogP contribution in [0.15, 0.2) is 0 Å². The summed E-state index contributed by atoms with van der Waals surface area (Å²) in [5.41, 5.74) is 0. The molecule has 0 aromatic carbocycles. The van der Waals surface area contributed by atoms with Crippen molar-refractivity contribution in [3.05, 3.63) is 0 Å². The van der Waals surface area contributed by atoms with Crippen molar-refractivity contribution in [3.63, 3.8) is 0 Å². The topological polar surface area (TPSA) is 21.3 Å². The van der Waals surface area contributed by atoms with Crippen LogP contribution in [0.1, 0.15) is 6.92 Å². The van der Waals surface area contributed by atoms with Gasteiger partial charge in [0.15, 0.2) is 0 Å². The summed E-state index contributed by atoms with van der Waals surface area (Å²) in [7, 11) is 0.0529. The van der Waals surface area contributed by atoms with Gasteiger partial charge in [0.05, 0.1) is 6.61 Å². The van der Waals surface area contributed by atoms with Gasteiger partial charge < -0.3 is 4.74 Å². The third-order valence-electron chi connectivity index (χ3n) is 0.879. The molecule has 0 saturated carbocycles. The van der Waals surface area contributed by atoms with Gasteiger partial charge in [0, 0.05) is 13.2 Å². The van der Waals surface area contributed by atoms with Crippen LogP contribution in [0.2, 0.25) is 0 Å². The minimum Gasteiger partial charge on any atom is -0.380 e. The van der Waals surface area contributed by atoms with Crippen LogP contribution in [0, 0.1) is 0 Å². The summed E-state index contributed by atoms with van der Waals surface area (Å²) < 4.78 is 5.13. The maximum atomic E-state index is 5.13. The number of hydrogen-bond acceptors (Lipinski definition) is 2. The fourth-order valence-electron chi connectivity index (χ4n) is 0.486. The molecule has 0 bridgehead atoms. The second kappa shape index (κ2) is 6.47. The summed E-state index contributed by atoms with van der Waals surface area (Å²) in [6.07, 6.45) is 0.